The Bertz CT molecular complexity index is 348. The highest BCUT2D eigenvalue weighted by atomic mass is 35.5. The summed E-state index contributed by atoms with van der Waals surface area (Å²) in [5.74, 6) is 0. The molecule has 0 unspecified atom stereocenters. The summed E-state index contributed by atoms with van der Waals surface area (Å²) in [7, 11) is 1.71. The topological polar surface area (TPSA) is 45.8 Å². The van der Waals surface area contributed by atoms with Crippen LogP contribution in [0, 0.1) is 11.3 Å². The molecule has 0 aliphatic heterocycles. The number of carbonyl (C=O) groups excluding carboxylic acids is 1. The van der Waals surface area contributed by atoms with Crippen molar-refractivity contribution in [2.45, 2.75) is 6.42 Å². The molecule has 4 heteroatoms. The van der Waals surface area contributed by atoms with Crippen LogP contribution in [-0.4, -0.2) is 9.81 Å². The monoisotopic (exact) mass is 182 g/mol. The summed E-state index contributed by atoms with van der Waals surface area (Å²) in [5, 5.41) is 7.91. The number of hydrogen-bond donors (Lipinski definition) is 0. The summed E-state index contributed by atoms with van der Waals surface area (Å²) in [5.41, 5.74) is 1.21. The van der Waals surface area contributed by atoms with Crippen molar-refractivity contribution in [3.05, 3.63) is 23.5 Å². The first kappa shape index (κ1) is 8.82. The van der Waals surface area contributed by atoms with Gasteiger partial charge in [0, 0.05) is 12.7 Å². The highest BCUT2D eigenvalue weighted by molar-refractivity contribution is 6.67. The quantitative estimate of drug-likeness (QED) is 0.651. The Morgan fingerprint density at radius 2 is 2.42 bits per heavy atom. The Kier molecular flexibility index (Phi) is 2.51. The van der Waals surface area contributed by atoms with E-state index in [-0.39, 0.29) is 0 Å². The van der Waals surface area contributed by atoms with Gasteiger partial charge in [0.2, 0.25) is 0 Å². The third kappa shape index (κ3) is 1.49. The van der Waals surface area contributed by atoms with Gasteiger partial charge in [-0.3, -0.25) is 4.79 Å². The zero-order valence-electron chi connectivity index (χ0n) is 6.54. The fraction of sp³-hybridized carbons (Fsp3) is 0.250. The first-order valence-electron chi connectivity index (χ1n) is 3.38. The van der Waals surface area contributed by atoms with Gasteiger partial charge in [-0.15, -0.1) is 0 Å². The predicted octanol–water partition coefficient (Wildman–Crippen LogP) is 1.47. The molecule has 0 bridgehead atoms. The van der Waals surface area contributed by atoms with E-state index >= 15 is 0 Å². The Balaban J connectivity index is 3.06. The van der Waals surface area contributed by atoms with Crippen molar-refractivity contribution in [3.63, 3.8) is 0 Å². The van der Waals surface area contributed by atoms with E-state index in [1.165, 1.54) is 0 Å². The van der Waals surface area contributed by atoms with Crippen molar-refractivity contribution in [1.82, 2.24) is 4.57 Å². The molecule has 1 aromatic heterocycles. The van der Waals surface area contributed by atoms with Crippen LogP contribution >= 0.6 is 11.6 Å². The minimum atomic E-state index is -0.498. The van der Waals surface area contributed by atoms with E-state index in [0.29, 0.717) is 12.1 Å². The number of hydrogen-bond acceptors (Lipinski definition) is 2. The van der Waals surface area contributed by atoms with Gasteiger partial charge >= 0.3 is 0 Å². The summed E-state index contributed by atoms with van der Waals surface area (Å²) >= 11 is 5.28. The van der Waals surface area contributed by atoms with Crippen molar-refractivity contribution in [2.24, 2.45) is 7.05 Å². The zero-order chi connectivity index (χ0) is 9.14. The average molecular weight is 183 g/mol. The van der Waals surface area contributed by atoms with Gasteiger partial charge in [-0.25, -0.2) is 0 Å². The lowest BCUT2D eigenvalue weighted by Crippen LogP contribution is -2.02. The molecule has 0 N–H and O–H groups in total. The number of nitriles is 1. The molecular formula is C8H7ClN2O. The molecule has 3 nitrogen and oxygen atoms in total. The van der Waals surface area contributed by atoms with E-state index in [1.54, 1.807) is 23.7 Å². The van der Waals surface area contributed by atoms with E-state index in [4.69, 9.17) is 16.9 Å². The van der Waals surface area contributed by atoms with Crippen LogP contribution in [0.2, 0.25) is 0 Å². The average Bonchev–Trinajstić information content (AvgIpc) is 2.34. The zero-order valence-corrected chi connectivity index (χ0v) is 7.30. The van der Waals surface area contributed by atoms with Crippen molar-refractivity contribution in [1.29, 1.82) is 5.26 Å². The van der Waals surface area contributed by atoms with Gasteiger partial charge in [-0.1, -0.05) is 0 Å². The third-order valence-corrected chi connectivity index (χ3v) is 1.88. The minimum absolute atomic E-state index is 0.292. The lowest BCUT2D eigenvalue weighted by Gasteiger charge is -1.99. The molecule has 12 heavy (non-hydrogen) atoms. The molecule has 0 aliphatic rings. The van der Waals surface area contributed by atoms with Crippen LogP contribution in [0.15, 0.2) is 12.1 Å². The van der Waals surface area contributed by atoms with Crippen LogP contribution in [0.5, 0.6) is 0 Å². The van der Waals surface area contributed by atoms with Gasteiger partial charge < -0.3 is 4.57 Å². The summed E-state index contributed by atoms with van der Waals surface area (Å²) in [6.45, 7) is 0. The SMILES string of the molecule is Cn1c(CC#N)ccc1C(=O)Cl. The Morgan fingerprint density at radius 3 is 2.83 bits per heavy atom. The number of rotatable bonds is 2. The van der Waals surface area contributed by atoms with Crippen molar-refractivity contribution in [3.8, 4) is 6.07 Å². The van der Waals surface area contributed by atoms with Crippen molar-refractivity contribution in [2.75, 3.05) is 0 Å². The van der Waals surface area contributed by atoms with Gasteiger partial charge in [0.1, 0.15) is 5.69 Å². The Hall–Kier alpha value is -1.27. The van der Waals surface area contributed by atoms with Crippen LogP contribution in [0.3, 0.4) is 0 Å². The first-order valence-corrected chi connectivity index (χ1v) is 3.76. The van der Waals surface area contributed by atoms with Gasteiger partial charge in [-0.2, -0.15) is 5.26 Å². The summed E-state index contributed by atoms with van der Waals surface area (Å²) < 4.78 is 1.62. The minimum Gasteiger partial charge on any atom is -0.343 e. The summed E-state index contributed by atoms with van der Waals surface area (Å²) in [6, 6.07) is 5.34. The standard InChI is InChI=1S/C8H7ClN2O/c1-11-6(4-5-10)2-3-7(11)8(9)12/h2-3H,4H2,1H3. The predicted molar refractivity (Wildman–Crippen MR) is 44.9 cm³/mol. The molecular weight excluding hydrogens is 176 g/mol. The molecule has 1 heterocycles. The second-order valence-corrected chi connectivity index (χ2v) is 2.72. The molecule has 0 saturated carbocycles. The van der Waals surface area contributed by atoms with E-state index in [1.807, 2.05) is 6.07 Å². The van der Waals surface area contributed by atoms with E-state index in [0.717, 1.165) is 5.69 Å². The number of halogens is 1. The lowest BCUT2D eigenvalue weighted by molar-refractivity contribution is 0.107. The molecule has 0 atom stereocenters. The fourth-order valence-corrected chi connectivity index (χ4v) is 1.20. The van der Waals surface area contributed by atoms with Crippen LogP contribution in [-0.2, 0) is 13.5 Å². The number of carbonyl (C=O) groups is 1. The highest BCUT2D eigenvalue weighted by Gasteiger charge is 2.08. The molecule has 0 amide bonds. The second-order valence-electron chi connectivity index (χ2n) is 2.38. The van der Waals surface area contributed by atoms with Crippen LogP contribution in [0.1, 0.15) is 16.2 Å². The van der Waals surface area contributed by atoms with E-state index < -0.39 is 5.24 Å². The highest BCUT2D eigenvalue weighted by Crippen LogP contribution is 2.09. The normalized spacial score (nSPS) is 9.42. The van der Waals surface area contributed by atoms with Crippen LogP contribution in [0.25, 0.3) is 0 Å². The summed E-state index contributed by atoms with van der Waals surface area (Å²) in [6.07, 6.45) is 0.292. The Labute approximate surface area is 75.2 Å². The third-order valence-electron chi connectivity index (χ3n) is 1.69. The first-order chi connectivity index (χ1) is 5.66. The molecule has 0 aliphatic carbocycles. The van der Waals surface area contributed by atoms with E-state index in [2.05, 4.69) is 0 Å². The van der Waals surface area contributed by atoms with Crippen LogP contribution < -0.4 is 0 Å². The molecule has 62 valence electrons. The molecule has 0 spiro atoms. The summed E-state index contributed by atoms with van der Waals surface area (Å²) in [4.78, 5) is 10.7. The maximum absolute atomic E-state index is 10.7. The fourth-order valence-electron chi connectivity index (χ4n) is 1.01. The lowest BCUT2D eigenvalue weighted by atomic mass is 10.3. The second kappa shape index (κ2) is 3.42. The molecule has 0 fully saturated rings. The largest absolute Gasteiger partial charge is 0.343 e. The van der Waals surface area contributed by atoms with Crippen LogP contribution in [0.4, 0.5) is 0 Å². The number of nitrogens with zero attached hydrogens (tertiary/aromatic N) is 2. The molecule has 0 aromatic carbocycles. The number of aromatic nitrogens is 1. The molecule has 0 radical (unpaired) electrons. The van der Waals surface area contributed by atoms with Crippen molar-refractivity contribution < 1.29 is 4.79 Å². The Morgan fingerprint density at radius 1 is 1.75 bits per heavy atom. The van der Waals surface area contributed by atoms with Gasteiger partial charge in [-0.05, 0) is 23.7 Å². The van der Waals surface area contributed by atoms with Gasteiger partial charge in [0.15, 0.2) is 0 Å². The van der Waals surface area contributed by atoms with Gasteiger partial charge in [0.05, 0.1) is 12.5 Å². The smallest absolute Gasteiger partial charge is 0.268 e. The van der Waals surface area contributed by atoms with Gasteiger partial charge in [0.25, 0.3) is 5.24 Å². The molecule has 1 rings (SSSR count). The molecule has 1 aromatic rings. The maximum atomic E-state index is 10.7. The molecule has 0 saturated heterocycles. The van der Waals surface area contributed by atoms with E-state index in [9.17, 15) is 4.79 Å². The van der Waals surface area contributed by atoms with Crippen molar-refractivity contribution >= 4 is 16.8 Å². The maximum Gasteiger partial charge on any atom is 0.268 e.